The lowest BCUT2D eigenvalue weighted by Crippen LogP contribution is -2.14. The van der Waals surface area contributed by atoms with Gasteiger partial charge in [0.15, 0.2) is 9.84 Å². The molecule has 0 spiro atoms. The molecule has 1 atom stereocenters. The van der Waals surface area contributed by atoms with Gasteiger partial charge in [0.1, 0.15) is 0 Å². The first kappa shape index (κ1) is 10.7. The molecular formula is C7H7Cl2NO2S2. The molecule has 1 N–H and O–H groups in total. The maximum absolute atomic E-state index is 11.2. The van der Waals surface area contributed by atoms with Gasteiger partial charge in [-0.05, 0) is 6.07 Å². The molecule has 1 aromatic heterocycles. The van der Waals surface area contributed by atoms with Gasteiger partial charge in [-0.1, -0.05) is 23.2 Å². The second-order valence-corrected chi connectivity index (χ2v) is 7.49. The van der Waals surface area contributed by atoms with Crippen molar-refractivity contribution in [1.29, 1.82) is 0 Å². The van der Waals surface area contributed by atoms with Crippen LogP contribution in [0.2, 0.25) is 8.67 Å². The molecule has 1 aromatic rings. The molecule has 3 nitrogen and oxygen atoms in total. The summed E-state index contributed by atoms with van der Waals surface area (Å²) in [4.78, 5) is 0. The molecule has 0 radical (unpaired) electrons. The monoisotopic (exact) mass is 271 g/mol. The molecule has 0 aromatic carbocycles. The van der Waals surface area contributed by atoms with Gasteiger partial charge >= 0.3 is 0 Å². The number of rotatable bonds is 1. The summed E-state index contributed by atoms with van der Waals surface area (Å²) < 4.78 is 23.5. The van der Waals surface area contributed by atoms with E-state index in [0.29, 0.717) is 8.67 Å². The average molecular weight is 272 g/mol. The van der Waals surface area contributed by atoms with Crippen molar-refractivity contribution in [3.8, 4) is 0 Å². The van der Waals surface area contributed by atoms with Crippen LogP contribution in [0.3, 0.4) is 0 Å². The van der Waals surface area contributed by atoms with Crippen LogP contribution in [-0.4, -0.2) is 20.0 Å². The van der Waals surface area contributed by atoms with Gasteiger partial charge in [-0.15, -0.1) is 11.3 Å². The molecule has 1 aliphatic heterocycles. The molecule has 14 heavy (non-hydrogen) atoms. The molecule has 78 valence electrons. The van der Waals surface area contributed by atoms with Crippen molar-refractivity contribution >= 4 is 44.4 Å². The van der Waals surface area contributed by atoms with Gasteiger partial charge in [-0.25, -0.2) is 8.42 Å². The second-order valence-electron chi connectivity index (χ2n) is 3.09. The molecule has 1 unspecified atom stereocenters. The Morgan fingerprint density at radius 1 is 1.50 bits per heavy atom. The molecule has 7 heteroatoms. The van der Waals surface area contributed by atoms with E-state index in [1.54, 1.807) is 6.07 Å². The molecule has 0 aliphatic carbocycles. The number of nitrogens with one attached hydrogen (secondary N) is 1. The highest BCUT2D eigenvalue weighted by molar-refractivity contribution is 7.91. The molecular weight excluding hydrogens is 265 g/mol. The van der Waals surface area contributed by atoms with E-state index in [2.05, 4.69) is 5.32 Å². The Bertz CT molecular complexity index is 454. The number of hydrogen-bond acceptors (Lipinski definition) is 4. The first-order chi connectivity index (χ1) is 6.48. The fourth-order valence-corrected chi connectivity index (χ4v) is 4.35. The maximum Gasteiger partial charge on any atom is 0.165 e. The van der Waals surface area contributed by atoms with Gasteiger partial charge in [0.2, 0.25) is 0 Å². The summed E-state index contributed by atoms with van der Waals surface area (Å²) in [6, 6.07) is 1.50. The van der Waals surface area contributed by atoms with Gasteiger partial charge in [0.05, 0.1) is 20.3 Å². The number of thiophene rings is 1. The van der Waals surface area contributed by atoms with Crippen LogP contribution in [0.5, 0.6) is 0 Å². The first-order valence-electron chi connectivity index (χ1n) is 3.86. The highest BCUT2D eigenvalue weighted by Crippen LogP contribution is 2.36. The van der Waals surface area contributed by atoms with E-state index in [-0.39, 0.29) is 17.7 Å². The molecule has 2 heterocycles. The summed E-state index contributed by atoms with van der Waals surface area (Å²) >= 11 is 12.9. The Labute approximate surface area is 95.9 Å². The number of sulfone groups is 1. The Kier molecular flexibility index (Phi) is 2.79. The molecule has 0 saturated carbocycles. The van der Waals surface area contributed by atoms with E-state index in [1.807, 2.05) is 0 Å². The lowest BCUT2D eigenvalue weighted by Gasteiger charge is -2.05. The van der Waals surface area contributed by atoms with Crippen LogP contribution in [0.15, 0.2) is 6.07 Å². The van der Waals surface area contributed by atoms with Crippen molar-refractivity contribution in [2.75, 3.05) is 11.6 Å². The van der Waals surface area contributed by atoms with Crippen LogP contribution in [0.25, 0.3) is 0 Å². The highest BCUT2D eigenvalue weighted by Gasteiger charge is 2.30. The first-order valence-corrected chi connectivity index (χ1v) is 7.26. The number of halogens is 2. The number of hydrogen-bond donors (Lipinski definition) is 1. The van der Waals surface area contributed by atoms with Crippen molar-refractivity contribution < 1.29 is 8.42 Å². The Morgan fingerprint density at radius 2 is 2.21 bits per heavy atom. The third kappa shape index (κ3) is 2.06. The molecule has 1 saturated heterocycles. The summed E-state index contributed by atoms with van der Waals surface area (Å²) in [7, 11) is -2.96. The summed E-state index contributed by atoms with van der Waals surface area (Å²) in [5.74, 6) is 0.112. The topological polar surface area (TPSA) is 46.2 Å². The Hall–Kier alpha value is 0.190. The molecule has 0 bridgehead atoms. The minimum atomic E-state index is -2.96. The summed E-state index contributed by atoms with van der Waals surface area (Å²) in [5.41, 5.74) is 0.780. The van der Waals surface area contributed by atoms with Crippen molar-refractivity contribution in [1.82, 2.24) is 5.32 Å². The van der Waals surface area contributed by atoms with E-state index in [1.165, 1.54) is 11.3 Å². The minimum Gasteiger partial charge on any atom is -0.296 e. The van der Waals surface area contributed by atoms with Crippen LogP contribution in [0.4, 0.5) is 0 Å². The predicted molar refractivity (Wildman–Crippen MR) is 58.9 cm³/mol. The van der Waals surface area contributed by atoms with E-state index in [9.17, 15) is 8.42 Å². The standard InChI is InChI=1S/C7H7Cl2NO2S2/c8-6-1-4(7(9)13-6)5-2-14(11,12)3-10-5/h1,5,10H,2-3H2. The van der Waals surface area contributed by atoms with E-state index < -0.39 is 9.84 Å². The van der Waals surface area contributed by atoms with Crippen molar-refractivity contribution in [3.05, 3.63) is 20.3 Å². The average Bonchev–Trinajstić information content (AvgIpc) is 2.55. The van der Waals surface area contributed by atoms with E-state index in [0.717, 1.165) is 5.56 Å². The molecule has 1 aliphatic rings. The van der Waals surface area contributed by atoms with Gasteiger partial charge < -0.3 is 0 Å². The zero-order valence-corrected chi connectivity index (χ0v) is 10.1. The van der Waals surface area contributed by atoms with Crippen LogP contribution in [0, 0.1) is 0 Å². The zero-order chi connectivity index (χ0) is 10.3. The van der Waals surface area contributed by atoms with Gasteiger partial charge in [-0.2, -0.15) is 0 Å². The summed E-state index contributed by atoms with van der Waals surface area (Å²) in [6.07, 6.45) is 0. The third-order valence-corrected chi connectivity index (χ3v) is 4.99. The van der Waals surface area contributed by atoms with Crippen molar-refractivity contribution in [2.45, 2.75) is 6.04 Å². The lowest BCUT2D eigenvalue weighted by molar-refractivity contribution is 0.601. The van der Waals surface area contributed by atoms with Crippen molar-refractivity contribution in [3.63, 3.8) is 0 Å². The fraction of sp³-hybridized carbons (Fsp3) is 0.429. The normalized spacial score (nSPS) is 25.4. The van der Waals surface area contributed by atoms with Crippen LogP contribution < -0.4 is 5.32 Å². The largest absolute Gasteiger partial charge is 0.296 e. The molecule has 0 amide bonds. The molecule has 1 fully saturated rings. The van der Waals surface area contributed by atoms with Crippen molar-refractivity contribution in [2.24, 2.45) is 0 Å². The zero-order valence-electron chi connectivity index (χ0n) is 6.96. The maximum atomic E-state index is 11.2. The smallest absolute Gasteiger partial charge is 0.165 e. The van der Waals surface area contributed by atoms with Gasteiger partial charge in [0.25, 0.3) is 0 Å². The van der Waals surface area contributed by atoms with Gasteiger partial charge in [0, 0.05) is 11.6 Å². The Morgan fingerprint density at radius 3 is 2.64 bits per heavy atom. The van der Waals surface area contributed by atoms with E-state index >= 15 is 0 Å². The SMILES string of the molecule is O=S1(=O)CNC(c2cc(Cl)sc2Cl)C1. The lowest BCUT2D eigenvalue weighted by atomic mass is 10.2. The Balaban J connectivity index is 2.30. The predicted octanol–water partition coefficient (Wildman–Crippen LogP) is 2.07. The second kappa shape index (κ2) is 3.64. The molecule has 2 rings (SSSR count). The quantitative estimate of drug-likeness (QED) is 0.851. The highest BCUT2D eigenvalue weighted by atomic mass is 35.5. The minimum absolute atomic E-state index is 0.0153. The van der Waals surface area contributed by atoms with Crippen LogP contribution >= 0.6 is 34.5 Å². The summed E-state index contributed by atoms with van der Waals surface area (Å²) in [6.45, 7) is 0. The van der Waals surface area contributed by atoms with Gasteiger partial charge in [-0.3, -0.25) is 5.32 Å². The van der Waals surface area contributed by atoms with E-state index in [4.69, 9.17) is 23.2 Å². The summed E-state index contributed by atoms with van der Waals surface area (Å²) in [5, 5.41) is 2.89. The third-order valence-electron chi connectivity index (χ3n) is 2.03. The van der Waals surface area contributed by atoms with Crippen LogP contribution in [0.1, 0.15) is 11.6 Å². The van der Waals surface area contributed by atoms with Crippen LogP contribution in [-0.2, 0) is 9.84 Å². The fourth-order valence-electron chi connectivity index (χ4n) is 1.39.